The van der Waals surface area contributed by atoms with E-state index in [2.05, 4.69) is 27.5 Å². The summed E-state index contributed by atoms with van der Waals surface area (Å²) in [6.45, 7) is 8.32. The van der Waals surface area contributed by atoms with E-state index < -0.39 is 0 Å². The highest BCUT2D eigenvalue weighted by atomic mass is 127. The number of halogens is 1. The molecule has 0 aliphatic heterocycles. The molecule has 1 aromatic heterocycles. The van der Waals surface area contributed by atoms with Crippen LogP contribution in [0.4, 0.5) is 0 Å². The zero-order valence-corrected chi connectivity index (χ0v) is 19.8. The van der Waals surface area contributed by atoms with E-state index in [1.165, 1.54) is 0 Å². The van der Waals surface area contributed by atoms with Crippen LogP contribution in [0.2, 0.25) is 0 Å². The van der Waals surface area contributed by atoms with Gasteiger partial charge in [0.05, 0.1) is 32.0 Å². The Morgan fingerprint density at radius 2 is 1.86 bits per heavy atom. The molecule has 1 heterocycles. The van der Waals surface area contributed by atoms with Crippen molar-refractivity contribution in [1.82, 2.24) is 15.6 Å². The standard InChI is InChI=1S/C21H30N4O3.HI/c1-5-26-19-10-9-17(14-20(19)27-6-2)16(3)25-21(22-4)24-12-13-28-18-8-7-11-23-15-18;/h7-11,14-16H,5-6,12-13H2,1-4H3,(H2,22,24,25);1H. The lowest BCUT2D eigenvalue weighted by molar-refractivity contribution is 0.287. The van der Waals surface area contributed by atoms with Crippen molar-refractivity contribution in [2.75, 3.05) is 33.4 Å². The monoisotopic (exact) mass is 514 g/mol. The number of aliphatic imine (C=N–C) groups is 1. The third-order valence-corrected chi connectivity index (χ3v) is 3.94. The third-order valence-electron chi connectivity index (χ3n) is 3.94. The Balaban J connectivity index is 0.00000420. The second kappa shape index (κ2) is 13.9. The molecule has 0 saturated carbocycles. The van der Waals surface area contributed by atoms with Crippen molar-refractivity contribution < 1.29 is 14.2 Å². The molecule has 0 aliphatic rings. The number of nitrogens with one attached hydrogen (secondary N) is 2. The second-order valence-corrected chi connectivity index (χ2v) is 5.97. The summed E-state index contributed by atoms with van der Waals surface area (Å²) in [5, 5.41) is 6.63. The number of rotatable bonds is 10. The molecule has 2 rings (SSSR count). The predicted octanol–water partition coefficient (Wildman–Crippen LogP) is 3.80. The minimum absolute atomic E-state index is 0. The fraction of sp³-hybridized carbons (Fsp3) is 0.429. The van der Waals surface area contributed by atoms with Gasteiger partial charge in [0.25, 0.3) is 0 Å². The largest absolute Gasteiger partial charge is 0.490 e. The first-order chi connectivity index (χ1) is 13.7. The van der Waals surface area contributed by atoms with Crippen LogP contribution in [-0.4, -0.2) is 44.4 Å². The molecule has 0 spiro atoms. The summed E-state index contributed by atoms with van der Waals surface area (Å²) in [7, 11) is 1.74. The molecule has 0 radical (unpaired) electrons. The molecule has 1 aromatic carbocycles. The zero-order valence-electron chi connectivity index (χ0n) is 17.5. The number of ether oxygens (including phenoxy) is 3. The van der Waals surface area contributed by atoms with Gasteiger partial charge in [-0.1, -0.05) is 6.07 Å². The van der Waals surface area contributed by atoms with Gasteiger partial charge in [-0.15, -0.1) is 24.0 Å². The van der Waals surface area contributed by atoms with Gasteiger partial charge in [-0.05, 0) is 50.6 Å². The zero-order chi connectivity index (χ0) is 20.2. The van der Waals surface area contributed by atoms with Crippen LogP contribution < -0.4 is 24.8 Å². The first kappa shape index (κ1) is 24.8. The molecule has 2 N–H and O–H groups in total. The number of hydrogen-bond acceptors (Lipinski definition) is 5. The van der Waals surface area contributed by atoms with Gasteiger partial charge in [-0.2, -0.15) is 0 Å². The van der Waals surface area contributed by atoms with Crippen molar-refractivity contribution in [1.29, 1.82) is 0 Å². The maximum atomic E-state index is 5.71. The van der Waals surface area contributed by atoms with Crippen molar-refractivity contribution in [3.05, 3.63) is 48.3 Å². The number of nitrogens with zero attached hydrogens (tertiary/aromatic N) is 2. The number of hydrogen-bond donors (Lipinski definition) is 2. The van der Waals surface area contributed by atoms with Crippen LogP contribution in [0.5, 0.6) is 17.2 Å². The highest BCUT2D eigenvalue weighted by molar-refractivity contribution is 14.0. The number of guanidine groups is 1. The van der Waals surface area contributed by atoms with Crippen LogP contribution in [-0.2, 0) is 0 Å². The van der Waals surface area contributed by atoms with Crippen LogP contribution in [0.25, 0.3) is 0 Å². The van der Waals surface area contributed by atoms with Crippen LogP contribution in [0, 0.1) is 0 Å². The molecule has 0 saturated heterocycles. The van der Waals surface area contributed by atoms with Crippen LogP contribution in [0.3, 0.4) is 0 Å². The summed E-state index contributed by atoms with van der Waals surface area (Å²) in [5.74, 6) is 2.96. The van der Waals surface area contributed by atoms with Crippen LogP contribution >= 0.6 is 24.0 Å². The Labute approximate surface area is 190 Å². The van der Waals surface area contributed by atoms with Gasteiger partial charge in [0.2, 0.25) is 0 Å². The Morgan fingerprint density at radius 1 is 1.10 bits per heavy atom. The summed E-state index contributed by atoms with van der Waals surface area (Å²) in [4.78, 5) is 8.30. The summed E-state index contributed by atoms with van der Waals surface area (Å²) in [6, 6.07) is 9.75. The molecule has 7 nitrogen and oxygen atoms in total. The lowest BCUT2D eigenvalue weighted by Crippen LogP contribution is -2.40. The van der Waals surface area contributed by atoms with Gasteiger partial charge >= 0.3 is 0 Å². The van der Waals surface area contributed by atoms with E-state index in [4.69, 9.17) is 14.2 Å². The van der Waals surface area contributed by atoms with Crippen molar-refractivity contribution >= 4 is 29.9 Å². The van der Waals surface area contributed by atoms with E-state index in [9.17, 15) is 0 Å². The first-order valence-corrected chi connectivity index (χ1v) is 9.57. The van der Waals surface area contributed by atoms with E-state index in [0.717, 1.165) is 22.8 Å². The summed E-state index contributed by atoms with van der Waals surface area (Å²) in [6.07, 6.45) is 3.41. The van der Waals surface area contributed by atoms with Gasteiger partial charge < -0.3 is 24.8 Å². The SMILES string of the molecule is CCOc1ccc(C(C)NC(=NC)NCCOc2cccnc2)cc1OCC.I. The highest BCUT2D eigenvalue weighted by Gasteiger charge is 2.12. The van der Waals surface area contributed by atoms with E-state index in [-0.39, 0.29) is 30.0 Å². The Morgan fingerprint density at radius 3 is 2.52 bits per heavy atom. The van der Waals surface area contributed by atoms with Gasteiger partial charge in [-0.3, -0.25) is 9.98 Å². The quantitative estimate of drug-likeness (QED) is 0.218. The molecule has 0 bridgehead atoms. The molecule has 1 atom stereocenters. The van der Waals surface area contributed by atoms with Crippen molar-refractivity contribution in [3.8, 4) is 17.2 Å². The number of aromatic nitrogens is 1. The summed E-state index contributed by atoms with van der Waals surface area (Å²) in [5.41, 5.74) is 1.08. The topological polar surface area (TPSA) is 77.0 Å². The Hall–Kier alpha value is -2.23. The average Bonchev–Trinajstić information content (AvgIpc) is 2.72. The molecule has 2 aromatic rings. The summed E-state index contributed by atoms with van der Waals surface area (Å²) < 4.78 is 17.0. The minimum Gasteiger partial charge on any atom is -0.490 e. The smallest absolute Gasteiger partial charge is 0.191 e. The molecule has 8 heteroatoms. The second-order valence-electron chi connectivity index (χ2n) is 5.97. The van der Waals surface area contributed by atoms with Gasteiger partial charge in [0.1, 0.15) is 12.4 Å². The van der Waals surface area contributed by atoms with E-state index >= 15 is 0 Å². The number of pyridine rings is 1. The fourth-order valence-corrected chi connectivity index (χ4v) is 2.59. The predicted molar refractivity (Wildman–Crippen MR) is 127 cm³/mol. The van der Waals surface area contributed by atoms with Gasteiger partial charge in [0, 0.05) is 13.2 Å². The first-order valence-electron chi connectivity index (χ1n) is 9.57. The molecular weight excluding hydrogens is 483 g/mol. The molecule has 29 heavy (non-hydrogen) atoms. The van der Waals surface area contributed by atoms with Gasteiger partial charge in [-0.25, -0.2) is 0 Å². The maximum absolute atomic E-state index is 5.71. The van der Waals surface area contributed by atoms with Crippen LogP contribution in [0.1, 0.15) is 32.4 Å². The summed E-state index contributed by atoms with van der Waals surface area (Å²) >= 11 is 0. The Bertz CT molecular complexity index is 744. The lowest BCUT2D eigenvalue weighted by atomic mass is 10.1. The van der Waals surface area contributed by atoms with Crippen molar-refractivity contribution in [2.45, 2.75) is 26.8 Å². The van der Waals surface area contributed by atoms with E-state index in [0.29, 0.717) is 32.3 Å². The van der Waals surface area contributed by atoms with Crippen molar-refractivity contribution in [3.63, 3.8) is 0 Å². The lowest BCUT2D eigenvalue weighted by Gasteiger charge is -2.20. The fourth-order valence-electron chi connectivity index (χ4n) is 2.59. The molecule has 0 amide bonds. The Kier molecular flexibility index (Phi) is 11.9. The molecule has 1 unspecified atom stereocenters. The average molecular weight is 514 g/mol. The maximum Gasteiger partial charge on any atom is 0.191 e. The van der Waals surface area contributed by atoms with E-state index in [1.807, 2.05) is 44.2 Å². The minimum atomic E-state index is 0. The molecule has 0 aliphatic carbocycles. The highest BCUT2D eigenvalue weighted by Crippen LogP contribution is 2.30. The van der Waals surface area contributed by atoms with E-state index in [1.54, 1.807) is 19.4 Å². The van der Waals surface area contributed by atoms with Crippen molar-refractivity contribution in [2.24, 2.45) is 4.99 Å². The molecular formula is C21H31IN4O3. The number of benzene rings is 1. The molecule has 160 valence electrons. The van der Waals surface area contributed by atoms with Crippen LogP contribution in [0.15, 0.2) is 47.7 Å². The third kappa shape index (κ3) is 8.35. The molecule has 0 fully saturated rings. The normalized spacial score (nSPS) is 11.8. The van der Waals surface area contributed by atoms with Gasteiger partial charge in [0.15, 0.2) is 17.5 Å².